The maximum absolute atomic E-state index is 13.2. The molecule has 1 aromatic rings. The van der Waals surface area contributed by atoms with Gasteiger partial charge < -0.3 is 15.5 Å². The van der Waals surface area contributed by atoms with Gasteiger partial charge in [-0.2, -0.15) is 0 Å². The van der Waals surface area contributed by atoms with Crippen molar-refractivity contribution in [3.05, 3.63) is 42.2 Å². The maximum Gasteiger partial charge on any atom is 0.264 e. The molecule has 0 bridgehead atoms. The first kappa shape index (κ1) is 26.7. The average molecular weight is 505 g/mol. The molecule has 1 aromatic carbocycles. The van der Waals surface area contributed by atoms with Crippen molar-refractivity contribution in [2.75, 3.05) is 13.1 Å². The molecule has 192 valence electrons. The number of carbonyl (C=O) groups excluding carboxylic acids is 3. The topological polar surface area (TPSA) is 116 Å². The van der Waals surface area contributed by atoms with Gasteiger partial charge in [0.2, 0.25) is 17.7 Å². The zero-order chi connectivity index (χ0) is 26.2. The lowest BCUT2D eigenvalue weighted by Crippen LogP contribution is -2.59. The van der Waals surface area contributed by atoms with Crippen LogP contribution in [-0.4, -0.2) is 60.5 Å². The summed E-state index contributed by atoms with van der Waals surface area (Å²) < 4.78 is 27.4. The normalized spacial score (nSPS) is 22.5. The van der Waals surface area contributed by atoms with Crippen molar-refractivity contribution in [3.63, 3.8) is 0 Å². The summed E-state index contributed by atoms with van der Waals surface area (Å²) in [4.78, 5) is 40.2. The summed E-state index contributed by atoms with van der Waals surface area (Å²) in [7, 11) is -4.03. The van der Waals surface area contributed by atoms with Gasteiger partial charge in [0.05, 0.1) is 11.3 Å². The van der Waals surface area contributed by atoms with Gasteiger partial charge in [0.25, 0.3) is 10.0 Å². The minimum absolute atomic E-state index is 0.0462. The molecule has 0 saturated carbocycles. The van der Waals surface area contributed by atoms with Crippen LogP contribution in [0.25, 0.3) is 0 Å². The fourth-order valence-electron chi connectivity index (χ4n) is 4.47. The highest BCUT2D eigenvalue weighted by molar-refractivity contribution is 7.89. The molecule has 3 amide bonds. The van der Waals surface area contributed by atoms with E-state index in [0.717, 1.165) is 9.87 Å². The van der Waals surface area contributed by atoms with Gasteiger partial charge in [-0.25, -0.2) is 8.42 Å². The highest BCUT2D eigenvalue weighted by atomic mass is 32.2. The number of sulfonamides is 1. The van der Waals surface area contributed by atoms with Crippen molar-refractivity contribution in [2.24, 2.45) is 10.8 Å². The van der Waals surface area contributed by atoms with Crippen LogP contribution in [0.1, 0.15) is 53.0 Å². The molecular weight excluding hydrogens is 468 g/mol. The molecule has 1 saturated heterocycles. The standard InChI is InChI=1S/C25H36N4O5S/c1-17-7-9-18(10-8-17)35(33,34)29-14-12-26-22(31)19(29)15-21(30)27-20-11-13-28(16-25(20,5)6)23(32)24(2,3)4/h7-10,12,14,19-20H,11,13,15-16H2,1-6H3,(H,26,31)(H,27,30)/t19-,20+/m1/s1. The van der Waals surface area contributed by atoms with Crippen LogP contribution in [0.5, 0.6) is 0 Å². The van der Waals surface area contributed by atoms with Gasteiger partial charge in [0.1, 0.15) is 6.04 Å². The van der Waals surface area contributed by atoms with E-state index < -0.39 is 38.7 Å². The van der Waals surface area contributed by atoms with Crippen molar-refractivity contribution in [3.8, 4) is 0 Å². The molecular formula is C25H36N4O5S. The number of aryl methyl sites for hydroxylation is 1. The molecule has 0 aliphatic carbocycles. The third-order valence-electron chi connectivity index (χ3n) is 6.53. The second kappa shape index (κ2) is 9.64. The van der Waals surface area contributed by atoms with Gasteiger partial charge >= 0.3 is 0 Å². The number of nitrogens with one attached hydrogen (secondary N) is 2. The monoisotopic (exact) mass is 504 g/mol. The number of benzene rings is 1. The summed E-state index contributed by atoms with van der Waals surface area (Å²) >= 11 is 0. The van der Waals surface area contributed by atoms with E-state index in [0.29, 0.717) is 19.5 Å². The third-order valence-corrected chi connectivity index (χ3v) is 8.32. The fraction of sp³-hybridized carbons (Fsp3) is 0.560. The fourth-order valence-corrected chi connectivity index (χ4v) is 5.92. The zero-order valence-corrected chi connectivity index (χ0v) is 22.1. The van der Waals surface area contributed by atoms with E-state index in [1.165, 1.54) is 24.5 Å². The second-order valence-corrected chi connectivity index (χ2v) is 12.9. The Morgan fingerprint density at radius 3 is 2.37 bits per heavy atom. The van der Waals surface area contributed by atoms with Gasteiger partial charge in [-0.3, -0.25) is 18.7 Å². The van der Waals surface area contributed by atoms with Gasteiger partial charge in [-0.05, 0) is 25.5 Å². The summed E-state index contributed by atoms with van der Waals surface area (Å²) in [6.45, 7) is 12.5. The summed E-state index contributed by atoms with van der Waals surface area (Å²) in [5.74, 6) is -0.917. The average Bonchev–Trinajstić information content (AvgIpc) is 2.75. The Morgan fingerprint density at radius 2 is 1.80 bits per heavy atom. The number of rotatable bonds is 5. The van der Waals surface area contributed by atoms with Crippen molar-refractivity contribution in [1.82, 2.24) is 19.8 Å². The van der Waals surface area contributed by atoms with Crippen LogP contribution in [0.2, 0.25) is 0 Å². The highest BCUT2D eigenvalue weighted by Crippen LogP contribution is 2.32. The molecule has 1 fully saturated rings. The van der Waals surface area contributed by atoms with Gasteiger partial charge in [0, 0.05) is 42.4 Å². The molecule has 0 spiro atoms. The molecule has 2 atom stereocenters. The smallest absolute Gasteiger partial charge is 0.264 e. The molecule has 2 aliphatic rings. The van der Waals surface area contributed by atoms with Crippen molar-refractivity contribution < 1.29 is 22.8 Å². The lowest BCUT2D eigenvalue weighted by molar-refractivity contribution is -0.143. The number of amides is 3. The lowest BCUT2D eigenvalue weighted by Gasteiger charge is -2.46. The van der Waals surface area contributed by atoms with Crippen molar-refractivity contribution in [2.45, 2.75) is 71.4 Å². The van der Waals surface area contributed by atoms with Crippen LogP contribution < -0.4 is 10.6 Å². The minimum atomic E-state index is -4.03. The van der Waals surface area contributed by atoms with E-state index >= 15 is 0 Å². The summed E-state index contributed by atoms with van der Waals surface area (Å²) in [6.07, 6.45) is 2.78. The third kappa shape index (κ3) is 5.86. The number of hydrogen-bond acceptors (Lipinski definition) is 5. The van der Waals surface area contributed by atoms with E-state index in [4.69, 9.17) is 0 Å². The molecule has 3 rings (SSSR count). The quantitative estimate of drug-likeness (QED) is 0.637. The number of nitrogens with zero attached hydrogens (tertiary/aromatic N) is 2. The molecule has 0 unspecified atom stereocenters. The van der Waals surface area contributed by atoms with E-state index in [2.05, 4.69) is 10.6 Å². The Kier molecular flexibility index (Phi) is 7.36. The predicted octanol–water partition coefficient (Wildman–Crippen LogP) is 2.13. The molecule has 2 N–H and O–H groups in total. The van der Waals surface area contributed by atoms with Crippen LogP contribution in [0.15, 0.2) is 41.6 Å². The SMILES string of the molecule is Cc1ccc(S(=O)(=O)N2C=CNC(=O)[C@H]2CC(=O)N[C@H]2CCN(C(=O)C(C)(C)C)CC2(C)C)cc1. The van der Waals surface area contributed by atoms with E-state index in [-0.39, 0.29) is 23.3 Å². The van der Waals surface area contributed by atoms with E-state index in [1.807, 2.05) is 46.4 Å². The largest absolute Gasteiger partial charge is 0.353 e. The van der Waals surface area contributed by atoms with Gasteiger partial charge in [-0.15, -0.1) is 0 Å². The van der Waals surface area contributed by atoms with E-state index in [9.17, 15) is 22.8 Å². The Bertz CT molecular complexity index is 1120. The first-order valence-electron chi connectivity index (χ1n) is 11.8. The Morgan fingerprint density at radius 1 is 1.17 bits per heavy atom. The molecule has 0 aromatic heterocycles. The minimum Gasteiger partial charge on any atom is -0.353 e. The van der Waals surface area contributed by atoms with Gasteiger partial charge in [-0.1, -0.05) is 52.3 Å². The lowest BCUT2D eigenvalue weighted by atomic mass is 9.78. The summed E-state index contributed by atoms with van der Waals surface area (Å²) in [6, 6.07) is 4.90. The Balaban J connectivity index is 1.72. The second-order valence-electron chi connectivity index (χ2n) is 11.1. The van der Waals surface area contributed by atoms with Crippen molar-refractivity contribution >= 4 is 27.7 Å². The molecule has 2 heterocycles. The molecule has 35 heavy (non-hydrogen) atoms. The van der Waals surface area contributed by atoms with Crippen LogP contribution in [0.3, 0.4) is 0 Å². The molecule has 10 heteroatoms. The maximum atomic E-state index is 13.2. The predicted molar refractivity (Wildman–Crippen MR) is 132 cm³/mol. The van der Waals surface area contributed by atoms with Gasteiger partial charge in [0.15, 0.2) is 0 Å². The number of carbonyl (C=O) groups is 3. The molecule has 9 nitrogen and oxygen atoms in total. The highest BCUT2D eigenvalue weighted by Gasteiger charge is 2.42. The first-order chi connectivity index (χ1) is 16.1. The van der Waals surface area contributed by atoms with E-state index in [1.54, 1.807) is 12.1 Å². The van der Waals surface area contributed by atoms with Crippen molar-refractivity contribution in [1.29, 1.82) is 0 Å². The number of likely N-dealkylation sites (tertiary alicyclic amines) is 1. The van der Waals surface area contributed by atoms with Crippen LogP contribution in [0, 0.1) is 17.8 Å². The first-order valence-corrected chi connectivity index (χ1v) is 13.2. The molecule has 0 radical (unpaired) electrons. The number of hydrogen-bond donors (Lipinski definition) is 2. The summed E-state index contributed by atoms with van der Waals surface area (Å²) in [5.41, 5.74) is 0.0298. The van der Waals surface area contributed by atoms with Crippen LogP contribution >= 0.6 is 0 Å². The zero-order valence-electron chi connectivity index (χ0n) is 21.3. The summed E-state index contributed by atoms with van der Waals surface area (Å²) in [5, 5.41) is 5.49. The van der Waals surface area contributed by atoms with Crippen LogP contribution in [-0.2, 0) is 24.4 Å². The van der Waals surface area contributed by atoms with Crippen LogP contribution in [0.4, 0.5) is 0 Å². The Hall–Kier alpha value is -2.88. The molecule has 2 aliphatic heterocycles. The number of piperidine rings is 1. The Labute approximate surface area is 208 Å².